The summed E-state index contributed by atoms with van der Waals surface area (Å²) >= 11 is 0. The third-order valence-electron chi connectivity index (χ3n) is 5.53. The number of nitrogens with zero attached hydrogens (tertiary/aromatic N) is 3. The van der Waals surface area contributed by atoms with Gasteiger partial charge in [-0.3, -0.25) is 4.90 Å². The number of ether oxygens (including phenoxy) is 2. The van der Waals surface area contributed by atoms with Crippen molar-refractivity contribution in [1.29, 1.82) is 0 Å². The monoisotopic (exact) mass is 319 g/mol. The topological polar surface area (TPSA) is 39.5 Å². The van der Waals surface area contributed by atoms with E-state index in [1.54, 1.807) is 0 Å². The van der Waals surface area contributed by atoms with Crippen LogP contribution in [-0.4, -0.2) is 54.0 Å². The van der Waals surface area contributed by atoms with E-state index < -0.39 is 0 Å². The Bertz CT molecular complexity index is 520. The number of aromatic nitrogens is 2. The van der Waals surface area contributed by atoms with Crippen molar-refractivity contribution in [1.82, 2.24) is 14.5 Å². The summed E-state index contributed by atoms with van der Waals surface area (Å²) in [6.45, 7) is 6.93. The maximum Gasteiger partial charge on any atom is 0.0949 e. The van der Waals surface area contributed by atoms with Gasteiger partial charge in [0.15, 0.2) is 0 Å². The molecule has 5 nitrogen and oxygen atoms in total. The first-order valence-electron chi connectivity index (χ1n) is 9.17. The van der Waals surface area contributed by atoms with E-state index >= 15 is 0 Å². The third kappa shape index (κ3) is 3.78. The lowest BCUT2D eigenvalue weighted by atomic mass is 9.95. The fourth-order valence-corrected chi connectivity index (χ4v) is 4.03. The van der Waals surface area contributed by atoms with Gasteiger partial charge < -0.3 is 14.0 Å². The second-order valence-corrected chi connectivity index (χ2v) is 7.61. The normalized spacial score (nSPS) is 26.4. The Morgan fingerprint density at radius 1 is 1.17 bits per heavy atom. The molecule has 3 aliphatic rings. The molecular formula is C18H29N3O2. The molecular weight excluding hydrogens is 290 g/mol. The summed E-state index contributed by atoms with van der Waals surface area (Å²) in [6, 6.07) is 0. The molecule has 0 spiro atoms. The first-order valence-corrected chi connectivity index (χ1v) is 9.17. The first-order chi connectivity index (χ1) is 11.3. The molecule has 4 rings (SSSR count). The van der Waals surface area contributed by atoms with Crippen LogP contribution < -0.4 is 0 Å². The van der Waals surface area contributed by atoms with Crippen LogP contribution in [0.25, 0.3) is 0 Å². The predicted molar refractivity (Wildman–Crippen MR) is 88.3 cm³/mol. The molecule has 3 heterocycles. The van der Waals surface area contributed by atoms with Crippen LogP contribution in [-0.2, 0) is 23.1 Å². The summed E-state index contributed by atoms with van der Waals surface area (Å²) in [4.78, 5) is 7.24. The van der Waals surface area contributed by atoms with Crippen LogP contribution in [0.4, 0.5) is 0 Å². The minimum atomic E-state index is 0.463. The van der Waals surface area contributed by atoms with Crippen LogP contribution in [0.2, 0.25) is 0 Å². The Labute approximate surface area is 139 Å². The van der Waals surface area contributed by atoms with Crippen molar-refractivity contribution in [3.63, 3.8) is 0 Å². The van der Waals surface area contributed by atoms with Gasteiger partial charge >= 0.3 is 0 Å². The number of rotatable bonds is 6. The fraction of sp³-hybridized carbons (Fsp3) is 0.833. The van der Waals surface area contributed by atoms with E-state index in [9.17, 15) is 0 Å². The van der Waals surface area contributed by atoms with E-state index in [1.165, 1.54) is 43.6 Å². The first kappa shape index (κ1) is 15.6. The van der Waals surface area contributed by atoms with Crippen molar-refractivity contribution in [3.05, 3.63) is 17.7 Å². The molecule has 1 aromatic heterocycles. The minimum absolute atomic E-state index is 0.463. The average Bonchev–Trinajstić information content (AvgIpc) is 3.31. The summed E-state index contributed by atoms with van der Waals surface area (Å²) in [5.41, 5.74) is 2.65. The quantitative estimate of drug-likeness (QED) is 0.806. The molecule has 0 N–H and O–H groups in total. The molecule has 5 heteroatoms. The Balaban J connectivity index is 1.39. The fourth-order valence-electron chi connectivity index (χ4n) is 4.03. The number of hydrogen-bond donors (Lipinski definition) is 0. The molecule has 0 bridgehead atoms. The molecule has 0 aromatic carbocycles. The van der Waals surface area contributed by atoms with Crippen LogP contribution in [0.1, 0.15) is 43.0 Å². The molecule has 2 fully saturated rings. The smallest absolute Gasteiger partial charge is 0.0949 e. The van der Waals surface area contributed by atoms with Crippen LogP contribution >= 0.6 is 0 Å². The highest BCUT2D eigenvalue weighted by atomic mass is 16.5. The Kier molecular flexibility index (Phi) is 4.69. The van der Waals surface area contributed by atoms with Gasteiger partial charge in [0.25, 0.3) is 0 Å². The third-order valence-corrected chi connectivity index (χ3v) is 5.53. The van der Waals surface area contributed by atoms with Gasteiger partial charge in [0.05, 0.1) is 18.6 Å². The zero-order chi connectivity index (χ0) is 15.6. The van der Waals surface area contributed by atoms with Crippen molar-refractivity contribution in [2.75, 3.05) is 39.5 Å². The highest BCUT2D eigenvalue weighted by Gasteiger charge is 2.31. The molecule has 1 saturated carbocycles. The molecule has 1 aliphatic carbocycles. The van der Waals surface area contributed by atoms with Crippen molar-refractivity contribution >= 4 is 0 Å². The molecule has 0 radical (unpaired) electrons. The van der Waals surface area contributed by atoms with Crippen LogP contribution in [0, 0.1) is 11.8 Å². The molecule has 2 aliphatic heterocycles. The van der Waals surface area contributed by atoms with Gasteiger partial charge in [-0.2, -0.15) is 0 Å². The molecule has 1 unspecified atom stereocenters. The van der Waals surface area contributed by atoms with E-state index in [0.717, 1.165) is 51.4 Å². The zero-order valence-corrected chi connectivity index (χ0v) is 14.2. The van der Waals surface area contributed by atoms with Crippen LogP contribution in [0.15, 0.2) is 6.33 Å². The van der Waals surface area contributed by atoms with Crippen LogP contribution in [0.3, 0.4) is 0 Å². The Morgan fingerprint density at radius 2 is 2.00 bits per heavy atom. The largest absolute Gasteiger partial charge is 0.381 e. The lowest BCUT2D eigenvalue weighted by Gasteiger charge is -2.35. The second-order valence-electron chi connectivity index (χ2n) is 7.61. The lowest BCUT2D eigenvalue weighted by molar-refractivity contribution is 0.0424. The second kappa shape index (κ2) is 6.91. The van der Waals surface area contributed by atoms with Gasteiger partial charge in [0.2, 0.25) is 0 Å². The van der Waals surface area contributed by atoms with Gasteiger partial charge in [-0.15, -0.1) is 0 Å². The Hall–Kier alpha value is -0.910. The molecule has 0 amide bonds. The van der Waals surface area contributed by atoms with E-state index in [1.807, 2.05) is 6.33 Å². The summed E-state index contributed by atoms with van der Waals surface area (Å²) in [6.07, 6.45) is 7.09. The SMILES string of the molecule is Cn1cnc2c1C(COCC1CC1)CN(CC1CCOCC1)C2. The minimum Gasteiger partial charge on any atom is -0.381 e. The molecule has 1 aromatic rings. The van der Waals surface area contributed by atoms with E-state index in [4.69, 9.17) is 9.47 Å². The lowest BCUT2D eigenvalue weighted by Crippen LogP contribution is -2.40. The predicted octanol–water partition coefficient (Wildman–Crippen LogP) is 2.17. The van der Waals surface area contributed by atoms with Crippen molar-refractivity contribution < 1.29 is 9.47 Å². The summed E-state index contributed by atoms with van der Waals surface area (Å²) in [5.74, 6) is 2.08. The van der Waals surface area contributed by atoms with Crippen LogP contribution in [0.5, 0.6) is 0 Å². The molecule has 128 valence electrons. The highest BCUT2D eigenvalue weighted by molar-refractivity contribution is 5.21. The zero-order valence-electron chi connectivity index (χ0n) is 14.2. The van der Waals surface area contributed by atoms with Crippen molar-refractivity contribution in [3.8, 4) is 0 Å². The molecule has 23 heavy (non-hydrogen) atoms. The molecule has 1 atom stereocenters. The Morgan fingerprint density at radius 3 is 2.78 bits per heavy atom. The van der Waals surface area contributed by atoms with Crippen molar-refractivity contribution in [2.45, 2.75) is 38.1 Å². The van der Waals surface area contributed by atoms with Gasteiger partial charge in [-0.05, 0) is 37.5 Å². The maximum absolute atomic E-state index is 6.03. The number of aryl methyl sites for hydroxylation is 1. The van der Waals surface area contributed by atoms with E-state index in [-0.39, 0.29) is 0 Å². The van der Waals surface area contributed by atoms with Crippen molar-refractivity contribution in [2.24, 2.45) is 18.9 Å². The van der Waals surface area contributed by atoms with Gasteiger partial charge in [-0.1, -0.05) is 0 Å². The van der Waals surface area contributed by atoms with Gasteiger partial charge in [0.1, 0.15) is 0 Å². The van der Waals surface area contributed by atoms with E-state index in [2.05, 4.69) is 21.5 Å². The number of imidazole rings is 1. The number of hydrogen-bond acceptors (Lipinski definition) is 4. The van der Waals surface area contributed by atoms with E-state index in [0.29, 0.717) is 5.92 Å². The van der Waals surface area contributed by atoms with Gasteiger partial charge in [0, 0.05) is 58.1 Å². The standard InChI is InChI=1S/C18H29N3O2/c1-20-13-19-17-10-21(8-14-4-6-22-7-5-14)9-16(18(17)20)12-23-11-15-2-3-15/h13-16H,2-12H2,1H3. The highest BCUT2D eigenvalue weighted by Crippen LogP contribution is 2.32. The number of fused-ring (bicyclic) bond motifs is 1. The summed E-state index contributed by atoms with van der Waals surface area (Å²) < 4.78 is 13.7. The average molecular weight is 319 g/mol. The maximum atomic E-state index is 6.03. The van der Waals surface area contributed by atoms with Gasteiger partial charge in [-0.25, -0.2) is 4.98 Å². The summed E-state index contributed by atoms with van der Waals surface area (Å²) in [7, 11) is 2.12. The molecule has 1 saturated heterocycles. The summed E-state index contributed by atoms with van der Waals surface area (Å²) in [5, 5.41) is 0.